The van der Waals surface area contributed by atoms with Crippen molar-refractivity contribution >= 4 is 63.6 Å². The molecule has 10 nitrogen and oxygen atoms in total. The summed E-state index contributed by atoms with van der Waals surface area (Å²) in [5, 5.41) is 2.75. The average Bonchev–Trinajstić information content (AvgIpc) is 3.03. The SMILES string of the molecule is CCOC(=O)CC1C(=O)NCCN1c1nc2ccccn2c(=O)c1/C=C1\SC(=S)N(C)C1=O. The maximum absolute atomic E-state index is 13.5. The number of esters is 1. The van der Waals surface area contributed by atoms with E-state index in [4.69, 9.17) is 17.0 Å². The Labute approximate surface area is 198 Å². The molecule has 1 atom stereocenters. The predicted molar refractivity (Wildman–Crippen MR) is 128 cm³/mol. The van der Waals surface area contributed by atoms with Gasteiger partial charge in [-0.1, -0.05) is 30.0 Å². The summed E-state index contributed by atoms with van der Waals surface area (Å²) < 4.78 is 6.78. The molecule has 4 heterocycles. The maximum Gasteiger partial charge on any atom is 0.308 e. The van der Waals surface area contributed by atoms with Crippen molar-refractivity contribution in [1.82, 2.24) is 19.6 Å². The summed E-state index contributed by atoms with van der Waals surface area (Å²) in [6.07, 6.45) is 2.84. The van der Waals surface area contributed by atoms with Crippen LogP contribution in [0.1, 0.15) is 18.9 Å². The van der Waals surface area contributed by atoms with Gasteiger partial charge >= 0.3 is 5.97 Å². The van der Waals surface area contributed by atoms with Crippen molar-refractivity contribution in [2.45, 2.75) is 19.4 Å². The van der Waals surface area contributed by atoms with Gasteiger partial charge in [-0.3, -0.25) is 28.5 Å². The number of thiocarbonyl (C=S) groups is 1. The molecule has 1 N–H and O–H groups in total. The first-order valence-corrected chi connectivity index (χ1v) is 11.5. The number of carbonyl (C=O) groups is 3. The number of carbonyl (C=O) groups excluding carboxylic acids is 3. The number of nitrogens with one attached hydrogen (secondary N) is 1. The third-order valence-electron chi connectivity index (χ3n) is 5.28. The molecule has 2 amide bonds. The quantitative estimate of drug-likeness (QED) is 0.371. The van der Waals surface area contributed by atoms with Gasteiger partial charge in [0.25, 0.3) is 11.5 Å². The Morgan fingerprint density at radius 2 is 2.15 bits per heavy atom. The van der Waals surface area contributed by atoms with E-state index in [9.17, 15) is 19.2 Å². The van der Waals surface area contributed by atoms with E-state index < -0.39 is 17.6 Å². The number of pyridine rings is 1. The van der Waals surface area contributed by atoms with E-state index in [0.717, 1.165) is 11.8 Å². The molecule has 0 saturated carbocycles. The summed E-state index contributed by atoms with van der Waals surface area (Å²) in [6, 6.07) is 4.20. The molecule has 2 aromatic rings. The second-order valence-corrected chi connectivity index (χ2v) is 9.01. The average molecular weight is 488 g/mol. The largest absolute Gasteiger partial charge is 0.466 e. The Hall–Kier alpha value is -3.25. The van der Waals surface area contributed by atoms with E-state index in [1.165, 1.54) is 15.4 Å². The van der Waals surface area contributed by atoms with Crippen LogP contribution in [0, 0.1) is 0 Å². The lowest BCUT2D eigenvalue weighted by Gasteiger charge is -2.36. The number of amides is 2. The summed E-state index contributed by atoms with van der Waals surface area (Å²) in [4.78, 5) is 58.8. The predicted octanol–water partition coefficient (Wildman–Crippen LogP) is 0.784. The topological polar surface area (TPSA) is 113 Å². The number of nitrogens with zero attached hydrogens (tertiary/aromatic N) is 4. The molecule has 2 saturated heterocycles. The third-order valence-corrected chi connectivity index (χ3v) is 6.76. The number of ether oxygens (including phenoxy) is 1. The minimum atomic E-state index is -0.913. The highest BCUT2D eigenvalue weighted by atomic mass is 32.2. The molecular weight excluding hydrogens is 466 g/mol. The standard InChI is InChI=1S/C21H21N5O5S2/c1-3-31-16(27)11-13-18(28)22-7-9-25(13)17-12(10-14-20(30)24(2)21(32)33-14)19(29)26-8-5-4-6-15(26)23-17/h4-6,8,10,13H,3,7,9,11H2,1-2H3,(H,22,28)/b14-10-. The van der Waals surface area contributed by atoms with Gasteiger partial charge in [0, 0.05) is 26.3 Å². The minimum Gasteiger partial charge on any atom is -0.466 e. The number of hydrogen-bond donors (Lipinski definition) is 1. The van der Waals surface area contributed by atoms with Crippen LogP contribution in [0.3, 0.4) is 0 Å². The van der Waals surface area contributed by atoms with Gasteiger partial charge in [0.15, 0.2) is 0 Å². The molecule has 1 unspecified atom stereocenters. The second kappa shape index (κ2) is 9.32. The molecule has 33 heavy (non-hydrogen) atoms. The fourth-order valence-electron chi connectivity index (χ4n) is 3.66. The second-order valence-electron chi connectivity index (χ2n) is 7.33. The molecule has 2 fully saturated rings. The summed E-state index contributed by atoms with van der Waals surface area (Å²) in [7, 11) is 1.56. The van der Waals surface area contributed by atoms with Crippen molar-refractivity contribution in [3.05, 3.63) is 45.2 Å². The lowest BCUT2D eigenvalue weighted by molar-refractivity contribution is -0.145. The van der Waals surface area contributed by atoms with Crippen LogP contribution in [0.2, 0.25) is 0 Å². The van der Waals surface area contributed by atoms with E-state index in [-0.39, 0.29) is 41.1 Å². The molecule has 0 radical (unpaired) electrons. The van der Waals surface area contributed by atoms with E-state index in [0.29, 0.717) is 23.1 Å². The fraction of sp³-hybridized carbons (Fsp3) is 0.333. The van der Waals surface area contributed by atoms with Crippen LogP contribution in [0.4, 0.5) is 5.82 Å². The van der Waals surface area contributed by atoms with Crippen LogP contribution in [0.15, 0.2) is 34.1 Å². The van der Waals surface area contributed by atoms with Gasteiger partial charge in [-0.25, -0.2) is 4.98 Å². The van der Waals surface area contributed by atoms with Crippen LogP contribution in [-0.2, 0) is 19.1 Å². The molecule has 0 aliphatic carbocycles. The molecule has 0 bridgehead atoms. The van der Waals surface area contributed by atoms with Crippen molar-refractivity contribution in [3.63, 3.8) is 0 Å². The number of likely N-dealkylation sites (N-methyl/N-ethyl adjacent to an activating group) is 1. The Morgan fingerprint density at radius 3 is 2.85 bits per heavy atom. The first-order valence-electron chi connectivity index (χ1n) is 10.2. The zero-order valence-electron chi connectivity index (χ0n) is 17.9. The van der Waals surface area contributed by atoms with E-state index >= 15 is 0 Å². The first kappa shape index (κ1) is 22.9. The summed E-state index contributed by atoms with van der Waals surface area (Å²) in [6.45, 7) is 2.50. The van der Waals surface area contributed by atoms with Gasteiger partial charge in [-0.05, 0) is 25.1 Å². The van der Waals surface area contributed by atoms with Crippen LogP contribution in [-0.4, -0.2) is 69.2 Å². The van der Waals surface area contributed by atoms with Crippen molar-refractivity contribution < 1.29 is 19.1 Å². The van der Waals surface area contributed by atoms with Gasteiger partial charge < -0.3 is 15.0 Å². The number of thioether (sulfide) groups is 1. The molecule has 2 aliphatic rings. The summed E-state index contributed by atoms with van der Waals surface area (Å²) >= 11 is 6.29. The highest BCUT2D eigenvalue weighted by Gasteiger charge is 2.36. The summed E-state index contributed by atoms with van der Waals surface area (Å²) in [5.74, 6) is -1.00. The lowest BCUT2D eigenvalue weighted by Crippen LogP contribution is -2.57. The van der Waals surface area contributed by atoms with Crippen LogP contribution in [0.25, 0.3) is 11.7 Å². The van der Waals surface area contributed by atoms with E-state index in [1.807, 2.05) is 0 Å². The first-order chi connectivity index (χ1) is 15.8. The van der Waals surface area contributed by atoms with Crippen molar-refractivity contribution in [3.8, 4) is 0 Å². The lowest BCUT2D eigenvalue weighted by atomic mass is 10.1. The Morgan fingerprint density at radius 1 is 1.36 bits per heavy atom. The maximum atomic E-state index is 13.5. The molecular formula is C21H21N5O5S2. The summed E-state index contributed by atoms with van der Waals surface area (Å²) in [5.41, 5.74) is 0.104. The minimum absolute atomic E-state index is 0.135. The number of hydrogen-bond acceptors (Lipinski definition) is 9. The highest BCUT2D eigenvalue weighted by Crippen LogP contribution is 2.33. The van der Waals surface area contributed by atoms with Gasteiger partial charge in [-0.15, -0.1) is 0 Å². The zero-order valence-corrected chi connectivity index (χ0v) is 19.6. The smallest absolute Gasteiger partial charge is 0.308 e. The number of piperazine rings is 1. The number of rotatable bonds is 5. The Kier molecular flexibility index (Phi) is 6.47. The van der Waals surface area contributed by atoms with Gasteiger partial charge in [0.1, 0.15) is 21.8 Å². The van der Waals surface area contributed by atoms with E-state index in [1.54, 1.807) is 43.3 Å². The van der Waals surface area contributed by atoms with Crippen molar-refractivity contribution in [2.75, 3.05) is 31.6 Å². The third kappa shape index (κ3) is 4.35. The molecule has 12 heteroatoms. The van der Waals surface area contributed by atoms with Crippen LogP contribution in [0.5, 0.6) is 0 Å². The molecule has 0 spiro atoms. The van der Waals surface area contributed by atoms with Crippen molar-refractivity contribution in [1.29, 1.82) is 0 Å². The normalized spacial score (nSPS) is 20.0. The van der Waals surface area contributed by atoms with E-state index in [2.05, 4.69) is 10.3 Å². The van der Waals surface area contributed by atoms with Gasteiger partial charge in [0.2, 0.25) is 5.91 Å². The Balaban J connectivity index is 1.88. The van der Waals surface area contributed by atoms with Crippen LogP contribution >= 0.6 is 24.0 Å². The highest BCUT2D eigenvalue weighted by molar-refractivity contribution is 8.26. The molecule has 172 valence electrons. The van der Waals surface area contributed by atoms with Crippen LogP contribution < -0.4 is 15.8 Å². The fourth-order valence-corrected chi connectivity index (χ4v) is 4.82. The molecule has 2 aliphatic heterocycles. The number of aromatic nitrogens is 2. The molecule has 2 aromatic heterocycles. The number of fused-ring (bicyclic) bond motifs is 1. The zero-order chi connectivity index (χ0) is 23.7. The Bertz CT molecular complexity index is 1260. The molecule has 4 rings (SSSR count). The van der Waals surface area contributed by atoms with Crippen molar-refractivity contribution in [2.24, 2.45) is 0 Å². The van der Waals surface area contributed by atoms with Gasteiger partial charge in [0.05, 0.1) is 23.5 Å². The monoisotopic (exact) mass is 487 g/mol. The molecule has 0 aromatic carbocycles. The number of anilines is 1. The van der Waals surface area contributed by atoms with Gasteiger partial charge in [-0.2, -0.15) is 0 Å².